The van der Waals surface area contributed by atoms with Crippen LogP contribution in [-0.2, 0) is 0 Å². The Morgan fingerprint density at radius 2 is 1.59 bits per heavy atom. The van der Waals surface area contributed by atoms with E-state index in [9.17, 15) is 4.79 Å². The third-order valence-electron chi connectivity index (χ3n) is 4.81. The highest BCUT2D eigenvalue weighted by Crippen LogP contribution is 2.48. The number of hydrogen-bond donors (Lipinski definition) is 1. The summed E-state index contributed by atoms with van der Waals surface area (Å²) < 4.78 is 0. The van der Waals surface area contributed by atoms with Crippen LogP contribution in [0.25, 0.3) is 0 Å². The first kappa shape index (κ1) is 19.1. The minimum atomic E-state index is 0.00283. The molecule has 0 radical (unpaired) electrons. The van der Waals surface area contributed by atoms with Crippen molar-refractivity contribution in [3.63, 3.8) is 0 Å². The van der Waals surface area contributed by atoms with Gasteiger partial charge in [0.05, 0.1) is 22.6 Å². The van der Waals surface area contributed by atoms with E-state index in [0.717, 1.165) is 26.9 Å². The van der Waals surface area contributed by atoms with E-state index in [-0.39, 0.29) is 5.78 Å². The van der Waals surface area contributed by atoms with Crippen molar-refractivity contribution in [1.82, 2.24) is 0 Å². The van der Waals surface area contributed by atoms with Crippen molar-refractivity contribution in [2.45, 2.75) is 9.79 Å². The lowest BCUT2D eigenvalue weighted by molar-refractivity contribution is 0.104. The van der Waals surface area contributed by atoms with Crippen molar-refractivity contribution in [3.05, 3.63) is 103 Å². The SMILES string of the molecule is C=CCN(CC=C)c1ccc2c(c1C(=O)c1ccccc1)Nc1ccccc1S2. The average molecular weight is 399 g/mol. The van der Waals surface area contributed by atoms with Gasteiger partial charge in [-0.2, -0.15) is 0 Å². The first-order valence-electron chi connectivity index (χ1n) is 9.50. The maximum atomic E-state index is 13.6. The molecule has 4 rings (SSSR count). The van der Waals surface area contributed by atoms with Gasteiger partial charge >= 0.3 is 0 Å². The third-order valence-corrected chi connectivity index (χ3v) is 5.95. The van der Waals surface area contributed by atoms with Gasteiger partial charge in [-0.05, 0) is 24.3 Å². The van der Waals surface area contributed by atoms with Crippen LogP contribution in [0.5, 0.6) is 0 Å². The molecule has 1 heterocycles. The summed E-state index contributed by atoms with van der Waals surface area (Å²) in [5.41, 5.74) is 4.11. The van der Waals surface area contributed by atoms with Crippen LogP contribution < -0.4 is 10.2 Å². The Hall–Kier alpha value is -3.24. The Balaban J connectivity index is 1.90. The number of fused-ring (bicyclic) bond motifs is 2. The molecule has 1 aliphatic rings. The largest absolute Gasteiger partial charge is 0.363 e. The van der Waals surface area contributed by atoms with Gasteiger partial charge in [0, 0.05) is 28.4 Å². The van der Waals surface area contributed by atoms with Crippen molar-refractivity contribution >= 4 is 34.6 Å². The van der Waals surface area contributed by atoms with Crippen molar-refractivity contribution in [3.8, 4) is 0 Å². The zero-order valence-corrected chi connectivity index (χ0v) is 16.9. The second kappa shape index (κ2) is 8.41. The average Bonchev–Trinajstić information content (AvgIpc) is 2.77. The van der Waals surface area contributed by atoms with E-state index in [1.807, 2.05) is 66.7 Å². The lowest BCUT2D eigenvalue weighted by Crippen LogP contribution is -2.26. The summed E-state index contributed by atoms with van der Waals surface area (Å²) in [6.45, 7) is 9.01. The molecule has 1 aliphatic heterocycles. The molecule has 0 fully saturated rings. The van der Waals surface area contributed by atoms with Crippen molar-refractivity contribution in [2.24, 2.45) is 0 Å². The number of carbonyl (C=O) groups is 1. The molecule has 3 nitrogen and oxygen atoms in total. The number of hydrogen-bond acceptors (Lipinski definition) is 4. The van der Waals surface area contributed by atoms with E-state index in [2.05, 4.69) is 35.5 Å². The van der Waals surface area contributed by atoms with Crippen LogP contribution in [0.4, 0.5) is 17.1 Å². The Kier molecular flexibility index (Phi) is 5.54. The topological polar surface area (TPSA) is 32.3 Å². The predicted molar refractivity (Wildman–Crippen MR) is 123 cm³/mol. The van der Waals surface area contributed by atoms with Crippen LogP contribution in [0, 0.1) is 0 Å². The number of rotatable bonds is 7. The monoisotopic (exact) mass is 398 g/mol. The summed E-state index contributed by atoms with van der Waals surface area (Å²) in [6, 6.07) is 21.7. The molecule has 3 aromatic carbocycles. The van der Waals surface area contributed by atoms with Gasteiger partial charge in [0.1, 0.15) is 0 Å². The molecule has 0 aromatic heterocycles. The summed E-state index contributed by atoms with van der Waals surface area (Å²) in [5, 5.41) is 3.52. The molecule has 1 N–H and O–H groups in total. The van der Waals surface area contributed by atoms with E-state index >= 15 is 0 Å². The first-order chi connectivity index (χ1) is 14.2. The Bertz CT molecular complexity index is 1070. The van der Waals surface area contributed by atoms with E-state index in [4.69, 9.17) is 0 Å². The highest BCUT2D eigenvalue weighted by molar-refractivity contribution is 7.99. The number of ketones is 1. The number of para-hydroxylation sites is 1. The highest BCUT2D eigenvalue weighted by atomic mass is 32.2. The van der Waals surface area contributed by atoms with Crippen LogP contribution in [0.3, 0.4) is 0 Å². The zero-order valence-electron chi connectivity index (χ0n) is 16.1. The Morgan fingerprint density at radius 3 is 2.31 bits per heavy atom. The van der Waals surface area contributed by atoms with E-state index in [0.29, 0.717) is 24.2 Å². The van der Waals surface area contributed by atoms with Crippen molar-refractivity contribution in [2.75, 3.05) is 23.3 Å². The number of carbonyl (C=O) groups excluding carboxylic acids is 1. The third kappa shape index (κ3) is 3.71. The van der Waals surface area contributed by atoms with Gasteiger partial charge in [-0.3, -0.25) is 4.79 Å². The number of benzene rings is 3. The fourth-order valence-electron chi connectivity index (χ4n) is 3.50. The molecule has 0 saturated carbocycles. The molecule has 0 saturated heterocycles. The summed E-state index contributed by atoms with van der Waals surface area (Å²) in [6.07, 6.45) is 3.69. The second-order valence-corrected chi connectivity index (χ2v) is 7.82. The molecular weight excluding hydrogens is 376 g/mol. The molecule has 0 amide bonds. The van der Waals surface area contributed by atoms with Crippen molar-refractivity contribution in [1.29, 1.82) is 0 Å². The second-order valence-electron chi connectivity index (χ2n) is 6.73. The fraction of sp³-hybridized carbons (Fsp3) is 0.0800. The maximum absolute atomic E-state index is 13.6. The number of nitrogens with one attached hydrogen (secondary N) is 1. The highest BCUT2D eigenvalue weighted by Gasteiger charge is 2.27. The molecule has 0 bridgehead atoms. The van der Waals surface area contributed by atoms with E-state index in [1.165, 1.54) is 0 Å². The van der Waals surface area contributed by atoms with Gasteiger partial charge in [-0.1, -0.05) is 66.4 Å². The molecule has 0 spiro atoms. The fourth-order valence-corrected chi connectivity index (χ4v) is 4.51. The van der Waals surface area contributed by atoms with Crippen LogP contribution in [0.15, 0.2) is 102 Å². The first-order valence-corrected chi connectivity index (χ1v) is 10.3. The number of nitrogens with zero attached hydrogens (tertiary/aromatic N) is 1. The zero-order chi connectivity index (χ0) is 20.2. The quantitative estimate of drug-likeness (QED) is 0.292. The minimum Gasteiger partial charge on any atom is -0.363 e. The smallest absolute Gasteiger partial charge is 0.197 e. The van der Waals surface area contributed by atoms with E-state index in [1.54, 1.807) is 11.8 Å². The van der Waals surface area contributed by atoms with Crippen LogP contribution in [0.1, 0.15) is 15.9 Å². The lowest BCUT2D eigenvalue weighted by atomic mass is 9.98. The summed E-state index contributed by atoms with van der Waals surface area (Å²) in [7, 11) is 0. The summed E-state index contributed by atoms with van der Waals surface area (Å²) in [4.78, 5) is 17.9. The van der Waals surface area contributed by atoms with E-state index < -0.39 is 0 Å². The molecule has 0 aliphatic carbocycles. The molecule has 144 valence electrons. The minimum absolute atomic E-state index is 0.00283. The molecular formula is C25H22N2OS. The molecule has 29 heavy (non-hydrogen) atoms. The van der Waals surface area contributed by atoms with Gasteiger partial charge in [-0.15, -0.1) is 13.2 Å². The normalized spacial score (nSPS) is 11.6. The van der Waals surface area contributed by atoms with Crippen LogP contribution in [-0.4, -0.2) is 18.9 Å². The standard InChI is InChI=1S/C25H22N2OS/c1-3-16-27(17-4-2)20-14-15-22-24(26-19-12-8-9-13-21(19)29-22)23(20)25(28)18-10-6-5-7-11-18/h3-15,26H,1-2,16-17H2. The molecule has 3 aromatic rings. The summed E-state index contributed by atoms with van der Waals surface area (Å²) in [5.74, 6) is 0.00283. The van der Waals surface area contributed by atoms with Crippen molar-refractivity contribution < 1.29 is 4.79 Å². The predicted octanol–water partition coefficient (Wildman–Crippen LogP) is 6.30. The van der Waals surface area contributed by atoms with Gasteiger partial charge < -0.3 is 10.2 Å². The molecule has 4 heteroatoms. The van der Waals surface area contributed by atoms with Gasteiger partial charge in [0.15, 0.2) is 5.78 Å². The van der Waals surface area contributed by atoms with Gasteiger partial charge in [-0.25, -0.2) is 0 Å². The Morgan fingerprint density at radius 1 is 0.897 bits per heavy atom. The van der Waals surface area contributed by atoms with Gasteiger partial charge in [0.25, 0.3) is 0 Å². The summed E-state index contributed by atoms with van der Waals surface area (Å²) >= 11 is 1.68. The lowest BCUT2D eigenvalue weighted by Gasteiger charge is -2.29. The molecule has 0 atom stereocenters. The maximum Gasteiger partial charge on any atom is 0.197 e. The van der Waals surface area contributed by atoms with Crippen LogP contribution in [0.2, 0.25) is 0 Å². The Labute approximate surface area is 175 Å². The van der Waals surface area contributed by atoms with Crippen LogP contribution >= 0.6 is 11.8 Å². The van der Waals surface area contributed by atoms with Gasteiger partial charge in [0.2, 0.25) is 0 Å². The number of anilines is 3. The molecule has 0 unspecified atom stereocenters.